The van der Waals surface area contributed by atoms with Crippen molar-refractivity contribution in [1.82, 2.24) is 23.3 Å². The van der Waals surface area contributed by atoms with Crippen LogP contribution < -0.4 is 0 Å². The Morgan fingerprint density at radius 3 is 1.35 bits per heavy atom. The highest BCUT2D eigenvalue weighted by molar-refractivity contribution is 6.11. The molecule has 0 bridgehead atoms. The number of rotatable bonds is 1. The quantitative estimate of drug-likeness (QED) is 0.205. The van der Waals surface area contributed by atoms with Gasteiger partial charge in [0.05, 0.1) is 44.1 Å². The van der Waals surface area contributed by atoms with Crippen molar-refractivity contribution < 1.29 is 0 Å². The first-order valence-electron chi connectivity index (χ1n) is 14.5. The minimum atomic E-state index is 0.826. The fourth-order valence-electron chi connectivity index (χ4n) is 7.01. The number of imidazole rings is 2. The predicted molar refractivity (Wildman–Crippen MR) is 177 cm³/mol. The molecule has 43 heavy (non-hydrogen) atoms. The van der Waals surface area contributed by atoms with Gasteiger partial charge in [-0.25, -0.2) is 9.97 Å². The lowest BCUT2D eigenvalue weighted by atomic mass is 10.1. The highest BCUT2D eigenvalue weighted by Crippen LogP contribution is 2.35. The van der Waals surface area contributed by atoms with Crippen molar-refractivity contribution >= 4 is 77.0 Å². The molecule has 0 aliphatic heterocycles. The summed E-state index contributed by atoms with van der Waals surface area (Å²) < 4.78 is 6.95. The van der Waals surface area contributed by atoms with Crippen LogP contribution in [0.2, 0.25) is 0 Å². The Morgan fingerprint density at radius 2 is 0.767 bits per heavy atom. The van der Waals surface area contributed by atoms with E-state index in [1.807, 2.05) is 6.07 Å². The molecule has 0 unspecified atom stereocenters. The first kappa shape index (κ1) is 22.7. The van der Waals surface area contributed by atoms with E-state index in [1.165, 1.54) is 21.8 Å². The summed E-state index contributed by atoms with van der Waals surface area (Å²) >= 11 is 0. The van der Waals surface area contributed by atoms with Gasteiger partial charge in [0, 0.05) is 27.2 Å². The molecule has 0 aliphatic carbocycles. The molecule has 0 atom stereocenters. The van der Waals surface area contributed by atoms with Gasteiger partial charge in [-0.15, -0.1) is 0 Å². The molecule has 0 amide bonds. The van der Waals surface area contributed by atoms with Gasteiger partial charge in [0.1, 0.15) is 0 Å². The molecule has 6 aromatic carbocycles. The lowest BCUT2D eigenvalue weighted by Gasteiger charge is -2.12. The fourth-order valence-corrected chi connectivity index (χ4v) is 7.01. The van der Waals surface area contributed by atoms with Crippen LogP contribution in [-0.4, -0.2) is 23.3 Å². The third-order valence-electron chi connectivity index (χ3n) is 8.82. The zero-order valence-electron chi connectivity index (χ0n) is 23.0. The molecule has 10 aromatic rings. The Bertz CT molecular complexity index is 2740. The Balaban J connectivity index is 1.49. The molecule has 5 heteroatoms. The number of aromatic nitrogens is 5. The zero-order chi connectivity index (χ0) is 28.1. The molecule has 4 aromatic heterocycles. The van der Waals surface area contributed by atoms with Crippen molar-refractivity contribution in [2.75, 3.05) is 0 Å². The molecule has 0 spiro atoms. The highest BCUT2D eigenvalue weighted by atomic mass is 15.1. The molecule has 4 heterocycles. The van der Waals surface area contributed by atoms with Crippen molar-refractivity contribution in [2.45, 2.75) is 0 Å². The largest absolute Gasteiger partial charge is 0.309 e. The molecule has 0 aliphatic rings. The van der Waals surface area contributed by atoms with Gasteiger partial charge in [-0.3, -0.25) is 8.80 Å². The summed E-state index contributed by atoms with van der Waals surface area (Å²) in [6.45, 7) is 0. The summed E-state index contributed by atoms with van der Waals surface area (Å²) in [4.78, 5) is 10.4. The topological polar surface area (TPSA) is 39.5 Å². The summed E-state index contributed by atoms with van der Waals surface area (Å²) in [7, 11) is 0. The third-order valence-corrected chi connectivity index (χ3v) is 8.82. The van der Waals surface area contributed by atoms with Crippen molar-refractivity contribution in [3.8, 4) is 5.69 Å². The maximum Gasteiger partial charge on any atom is 0.182 e. The molecule has 10 rings (SSSR count). The average molecular weight is 550 g/mol. The van der Waals surface area contributed by atoms with Gasteiger partial charge in [-0.2, -0.15) is 0 Å². The number of benzene rings is 6. The number of hydrogen-bond acceptors (Lipinski definition) is 2. The van der Waals surface area contributed by atoms with Crippen LogP contribution in [0, 0.1) is 0 Å². The molecule has 5 nitrogen and oxygen atoms in total. The second kappa shape index (κ2) is 8.30. The summed E-state index contributed by atoms with van der Waals surface area (Å²) in [5.74, 6) is 0. The second-order valence-corrected chi connectivity index (χ2v) is 11.1. The van der Waals surface area contributed by atoms with E-state index in [0.29, 0.717) is 0 Å². The van der Waals surface area contributed by atoms with Gasteiger partial charge in [-0.1, -0.05) is 84.9 Å². The van der Waals surface area contributed by atoms with E-state index in [9.17, 15) is 0 Å². The maximum absolute atomic E-state index is 5.23. The van der Waals surface area contributed by atoms with Crippen LogP contribution >= 0.6 is 0 Å². The van der Waals surface area contributed by atoms with Crippen LogP contribution in [0.5, 0.6) is 0 Å². The van der Waals surface area contributed by atoms with E-state index in [4.69, 9.17) is 9.97 Å². The van der Waals surface area contributed by atoms with E-state index in [0.717, 1.165) is 60.9 Å². The first-order valence-corrected chi connectivity index (χ1v) is 14.5. The Labute approximate surface area is 245 Å². The normalized spacial score (nSPS) is 12.2. The number of para-hydroxylation sites is 7. The van der Waals surface area contributed by atoms with E-state index >= 15 is 0 Å². The lowest BCUT2D eigenvalue weighted by Crippen LogP contribution is -1.97. The highest BCUT2D eigenvalue weighted by Gasteiger charge is 2.18. The zero-order valence-corrected chi connectivity index (χ0v) is 23.0. The van der Waals surface area contributed by atoms with Gasteiger partial charge in [-0.05, 0) is 54.6 Å². The first-order chi connectivity index (χ1) is 21.3. The van der Waals surface area contributed by atoms with Gasteiger partial charge < -0.3 is 4.57 Å². The van der Waals surface area contributed by atoms with Crippen LogP contribution in [0.15, 0.2) is 140 Å². The molecule has 0 radical (unpaired) electrons. The standard InChI is InChI=1S/C38H23N5/c1-6-16-31-25(11-1)26-12-2-7-17-32(26)41(31)24-21-22-28-27-13-3-8-18-33(27)42-34-19-9-4-14-29(34)39-37(42)38-40-30-15-5-10-20-35(30)43(38)36(28)23-24/h1-23H. The van der Waals surface area contributed by atoms with E-state index in [1.54, 1.807) is 0 Å². The molecule has 200 valence electrons. The smallest absolute Gasteiger partial charge is 0.182 e. The number of hydrogen-bond donors (Lipinski definition) is 0. The minimum absolute atomic E-state index is 0.826. The van der Waals surface area contributed by atoms with Crippen molar-refractivity contribution in [3.63, 3.8) is 0 Å². The Morgan fingerprint density at radius 1 is 0.349 bits per heavy atom. The van der Waals surface area contributed by atoms with Gasteiger partial charge in [0.2, 0.25) is 0 Å². The second-order valence-electron chi connectivity index (χ2n) is 11.1. The van der Waals surface area contributed by atoms with Gasteiger partial charge >= 0.3 is 0 Å². The van der Waals surface area contributed by atoms with Crippen LogP contribution in [0.25, 0.3) is 82.7 Å². The Kier molecular flexibility index (Phi) is 4.39. The number of nitrogens with zero attached hydrogens (tertiary/aromatic N) is 5. The lowest BCUT2D eigenvalue weighted by molar-refractivity contribution is 1.18. The SMILES string of the molecule is c1ccc2c(c1)nc1c3nc4ccccc4n3c3cc(-n4c5ccccc5c5ccccc54)ccc3c3ccccc3n21. The monoisotopic (exact) mass is 549 g/mol. The van der Waals surface area contributed by atoms with Crippen molar-refractivity contribution in [2.24, 2.45) is 0 Å². The fraction of sp³-hybridized carbons (Fsp3) is 0. The summed E-state index contributed by atoms with van der Waals surface area (Å²) in [6, 6.07) is 49.5. The Hall–Kier alpha value is -5.94. The van der Waals surface area contributed by atoms with E-state index in [2.05, 4.69) is 147 Å². The minimum Gasteiger partial charge on any atom is -0.309 e. The van der Waals surface area contributed by atoms with Crippen LogP contribution in [0.4, 0.5) is 0 Å². The third kappa shape index (κ3) is 3.00. The summed E-state index contributed by atoms with van der Waals surface area (Å²) in [6.07, 6.45) is 0. The summed E-state index contributed by atoms with van der Waals surface area (Å²) in [5.41, 5.74) is 11.3. The van der Waals surface area contributed by atoms with E-state index in [-0.39, 0.29) is 0 Å². The molecule has 0 saturated carbocycles. The van der Waals surface area contributed by atoms with Crippen molar-refractivity contribution in [1.29, 1.82) is 0 Å². The number of fused-ring (bicyclic) bond motifs is 15. The molecular formula is C38H23N5. The maximum atomic E-state index is 5.23. The molecule has 0 saturated heterocycles. The molecule has 0 fully saturated rings. The molecular weight excluding hydrogens is 526 g/mol. The van der Waals surface area contributed by atoms with E-state index < -0.39 is 0 Å². The summed E-state index contributed by atoms with van der Waals surface area (Å²) in [5, 5.41) is 4.79. The predicted octanol–water partition coefficient (Wildman–Crippen LogP) is 9.25. The molecule has 0 N–H and O–H groups in total. The van der Waals surface area contributed by atoms with Gasteiger partial charge in [0.25, 0.3) is 0 Å². The van der Waals surface area contributed by atoms with Crippen LogP contribution in [0.3, 0.4) is 0 Å². The van der Waals surface area contributed by atoms with Crippen LogP contribution in [-0.2, 0) is 0 Å². The van der Waals surface area contributed by atoms with Crippen LogP contribution in [0.1, 0.15) is 0 Å². The average Bonchev–Trinajstić information content (AvgIpc) is 3.73. The van der Waals surface area contributed by atoms with Crippen molar-refractivity contribution in [3.05, 3.63) is 140 Å². The van der Waals surface area contributed by atoms with Gasteiger partial charge in [0.15, 0.2) is 11.3 Å².